The SMILES string of the molecule is Br.Br.O=P(O)(O)CCc1ncc2ccc3cnccc3c2c1CCP(=O)(O)O. The monoisotopic (exact) mass is 556 g/mol. The van der Waals surface area contributed by atoms with E-state index in [-0.39, 0.29) is 59.1 Å². The molecule has 3 aromatic rings. The molecule has 28 heavy (non-hydrogen) atoms. The molecule has 4 N–H and O–H groups in total. The summed E-state index contributed by atoms with van der Waals surface area (Å²) < 4.78 is 22.6. The summed E-state index contributed by atoms with van der Waals surface area (Å²) in [5.74, 6) is 0. The van der Waals surface area contributed by atoms with E-state index in [1.807, 2.05) is 18.2 Å². The van der Waals surface area contributed by atoms with Crippen LogP contribution in [0.3, 0.4) is 0 Å². The van der Waals surface area contributed by atoms with Crippen LogP contribution in [0, 0.1) is 0 Å². The molecule has 0 aliphatic heterocycles. The first-order valence-corrected chi connectivity index (χ1v) is 11.5. The smallest absolute Gasteiger partial charge is 0.324 e. The van der Waals surface area contributed by atoms with Crippen molar-refractivity contribution in [3.63, 3.8) is 0 Å². The van der Waals surface area contributed by atoms with Gasteiger partial charge in [0.15, 0.2) is 0 Å². The molecule has 0 unspecified atom stereocenters. The molecule has 3 rings (SSSR count). The van der Waals surface area contributed by atoms with E-state index in [2.05, 4.69) is 9.97 Å². The minimum absolute atomic E-state index is 0. The van der Waals surface area contributed by atoms with Gasteiger partial charge in [-0.3, -0.25) is 19.1 Å². The molecular weight excluding hydrogens is 538 g/mol. The number of fused-ring (bicyclic) bond motifs is 3. The number of rotatable bonds is 6. The van der Waals surface area contributed by atoms with Crippen molar-refractivity contribution in [1.82, 2.24) is 9.97 Å². The third-order valence-corrected chi connectivity index (χ3v) is 5.77. The summed E-state index contributed by atoms with van der Waals surface area (Å²) in [5.41, 5.74) is 1.05. The van der Waals surface area contributed by atoms with Crippen LogP contribution >= 0.6 is 49.2 Å². The molecule has 154 valence electrons. The second kappa shape index (κ2) is 9.87. The number of nitrogens with zero attached hydrogens (tertiary/aromatic N) is 2. The zero-order chi connectivity index (χ0) is 18.9. The Morgan fingerprint density at radius 3 is 2.07 bits per heavy atom. The quantitative estimate of drug-likeness (QED) is 0.267. The van der Waals surface area contributed by atoms with E-state index in [0.29, 0.717) is 11.3 Å². The topological polar surface area (TPSA) is 141 Å². The van der Waals surface area contributed by atoms with Gasteiger partial charge < -0.3 is 19.6 Å². The zero-order valence-corrected chi connectivity index (χ0v) is 19.7. The van der Waals surface area contributed by atoms with Crippen molar-refractivity contribution < 1.29 is 28.7 Å². The Morgan fingerprint density at radius 1 is 0.821 bits per heavy atom. The van der Waals surface area contributed by atoms with Crippen molar-refractivity contribution in [3.05, 3.63) is 48.0 Å². The molecule has 0 aliphatic rings. The normalized spacial score (nSPS) is 11.9. The van der Waals surface area contributed by atoms with Crippen molar-refractivity contribution in [1.29, 1.82) is 0 Å². The molecule has 0 radical (unpaired) electrons. The van der Waals surface area contributed by atoms with Crippen LogP contribution in [0.2, 0.25) is 0 Å². The minimum atomic E-state index is -4.23. The van der Waals surface area contributed by atoms with Crippen LogP contribution in [0.5, 0.6) is 0 Å². The fraction of sp³-hybridized carbons (Fsp3) is 0.250. The number of pyridine rings is 2. The predicted octanol–water partition coefficient (Wildman–Crippen LogP) is 3.38. The highest BCUT2D eigenvalue weighted by molar-refractivity contribution is 8.93. The molecule has 12 heteroatoms. The Labute approximate surface area is 182 Å². The van der Waals surface area contributed by atoms with E-state index in [9.17, 15) is 18.9 Å². The zero-order valence-electron chi connectivity index (χ0n) is 14.5. The van der Waals surface area contributed by atoms with Gasteiger partial charge in [-0.05, 0) is 28.8 Å². The van der Waals surface area contributed by atoms with E-state index < -0.39 is 15.2 Å². The van der Waals surface area contributed by atoms with Gasteiger partial charge >= 0.3 is 15.2 Å². The molecule has 0 saturated carbocycles. The summed E-state index contributed by atoms with van der Waals surface area (Å²) >= 11 is 0. The van der Waals surface area contributed by atoms with Crippen molar-refractivity contribution in [2.45, 2.75) is 12.8 Å². The third kappa shape index (κ3) is 6.40. The average molecular weight is 558 g/mol. The lowest BCUT2D eigenvalue weighted by atomic mass is 9.96. The van der Waals surface area contributed by atoms with Gasteiger partial charge in [0.2, 0.25) is 0 Å². The molecule has 2 aromatic heterocycles. The molecule has 1 aromatic carbocycles. The van der Waals surface area contributed by atoms with Crippen molar-refractivity contribution in [3.8, 4) is 0 Å². The second-order valence-electron chi connectivity index (χ2n) is 6.09. The fourth-order valence-electron chi connectivity index (χ4n) is 2.99. The van der Waals surface area contributed by atoms with Gasteiger partial charge in [0.25, 0.3) is 0 Å². The molecule has 0 aliphatic carbocycles. The van der Waals surface area contributed by atoms with Crippen LogP contribution in [0.4, 0.5) is 0 Å². The Hall–Kier alpha value is -0.700. The molecule has 0 fully saturated rings. The van der Waals surface area contributed by atoms with E-state index in [4.69, 9.17) is 9.79 Å². The number of aromatic nitrogens is 2. The Morgan fingerprint density at radius 2 is 1.43 bits per heavy atom. The van der Waals surface area contributed by atoms with Crippen LogP contribution in [0.15, 0.2) is 36.8 Å². The van der Waals surface area contributed by atoms with Gasteiger partial charge in [-0.15, -0.1) is 34.0 Å². The van der Waals surface area contributed by atoms with Crippen molar-refractivity contribution in [2.75, 3.05) is 12.3 Å². The highest BCUT2D eigenvalue weighted by atomic mass is 79.9. The molecule has 0 spiro atoms. The summed E-state index contributed by atoms with van der Waals surface area (Å²) in [6.07, 6.45) is 4.29. The maximum Gasteiger partial charge on any atom is 0.325 e. The highest BCUT2D eigenvalue weighted by Crippen LogP contribution is 2.39. The highest BCUT2D eigenvalue weighted by Gasteiger charge is 2.20. The van der Waals surface area contributed by atoms with Crippen LogP contribution in [-0.4, -0.2) is 41.9 Å². The third-order valence-electron chi connectivity index (χ3n) is 4.15. The maximum atomic E-state index is 11.4. The van der Waals surface area contributed by atoms with Crippen molar-refractivity contribution >= 4 is 70.7 Å². The lowest BCUT2D eigenvalue weighted by Crippen LogP contribution is -2.06. The minimum Gasteiger partial charge on any atom is -0.324 e. The largest absolute Gasteiger partial charge is 0.325 e. The first-order valence-electron chi connectivity index (χ1n) is 7.86. The van der Waals surface area contributed by atoms with Gasteiger partial charge in [0.05, 0.1) is 12.3 Å². The van der Waals surface area contributed by atoms with E-state index in [0.717, 1.165) is 21.5 Å². The fourth-order valence-corrected chi connectivity index (χ4v) is 4.01. The number of hydrogen-bond acceptors (Lipinski definition) is 4. The van der Waals surface area contributed by atoms with Gasteiger partial charge in [0, 0.05) is 41.5 Å². The molecule has 0 amide bonds. The Kier molecular flexibility index (Phi) is 8.93. The second-order valence-corrected chi connectivity index (χ2v) is 9.64. The van der Waals surface area contributed by atoms with Crippen LogP contribution in [0.1, 0.15) is 11.3 Å². The van der Waals surface area contributed by atoms with E-state index in [1.165, 1.54) is 0 Å². The van der Waals surface area contributed by atoms with Gasteiger partial charge in [0.1, 0.15) is 0 Å². The first kappa shape index (κ1) is 25.3. The first-order chi connectivity index (χ1) is 12.1. The number of benzene rings is 1. The number of halogens is 2. The molecular formula is C16H20Br2N2O6P2. The molecule has 0 atom stereocenters. The average Bonchev–Trinajstić information content (AvgIpc) is 2.56. The molecule has 8 nitrogen and oxygen atoms in total. The van der Waals surface area contributed by atoms with Gasteiger partial charge in [-0.25, -0.2) is 0 Å². The van der Waals surface area contributed by atoms with Crippen LogP contribution in [0.25, 0.3) is 21.5 Å². The summed E-state index contributed by atoms with van der Waals surface area (Å²) in [7, 11) is -8.45. The van der Waals surface area contributed by atoms with Crippen molar-refractivity contribution in [2.24, 2.45) is 0 Å². The Bertz CT molecular complexity index is 1070. The summed E-state index contributed by atoms with van der Waals surface area (Å²) in [6.45, 7) is 0. The lowest BCUT2D eigenvalue weighted by Gasteiger charge is -2.15. The molecule has 0 saturated heterocycles. The predicted molar refractivity (Wildman–Crippen MR) is 119 cm³/mol. The van der Waals surface area contributed by atoms with Gasteiger partial charge in [-0.1, -0.05) is 12.1 Å². The summed E-state index contributed by atoms with van der Waals surface area (Å²) in [4.78, 5) is 45.3. The molecule has 2 heterocycles. The standard InChI is InChI=1S/C16H18N2O6P2.2BrH/c19-25(20,21)7-4-14-15(5-8-26(22,23)24)18-10-12-2-1-11-9-17-6-3-13(11)16(12)14;;/h1-3,6,9-10H,4-5,7-8H2,(H2,19,20,21)(H2,22,23,24);2*1H. The summed E-state index contributed by atoms with van der Waals surface area (Å²) in [6, 6.07) is 5.54. The Balaban J connectivity index is 0.00000196. The maximum absolute atomic E-state index is 11.4. The lowest BCUT2D eigenvalue weighted by molar-refractivity contribution is 0.370. The number of hydrogen-bond donors (Lipinski definition) is 4. The van der Waals surface area contributed by atoms with E-state index >= 15 is 0 Å². The number of aryl methyl sites for hydroxylation is 2. The van der Waals surface area contributed by atoms with Crippen LogP contribution in [-0.2, 0) is 22.0 Å². The molecule has 0 bridgehead atoms. The van der Waals surface area contributed by atoms with Crippen LogP contribution < -0.4 is 0 Å². The van der Waals surface area contributed by atoms with Gasteiger partial charge in [-0.2, -0.15) is 0 Å². The summed E-state index contributed by atoms with van der Waals surface area (Å²) in [5, 5.41) is 3.31. The van der Waals surface area contributed by atoms with E-state index in [1.54, 1.807) is 18.6 Å².